The van der Waals surface area contributed by atoms with Gasteiger partial charge in [-0.2, -0.15) is 11.8 Å². The molecule has 0 aromatic heterocycles. The monoisotopic (exact) mass is 319 g/mol. The van der Waals surface area contributed by atoms with Crippen molar-refractivity contribution in [3.63, 3.8) is 0 Å². The molecule has 1 unspecified atom stereocenters. The van der Waals surface area contributed by atoms with Crippen molar-refractivity contribution in [1.82, 2.24) is 10.6 Å². The highest BCUT2D eigenvalue weighted by Gasteiger charge is 2.18. The highest BCUT2D eigenvalue weighted by atomic mass is 32.2. The first-order valence-corrected chi connectivity index (χ1v) is 9.39. The highest BCUT2D eigenvalue weighted by molar-refractivity contribution is 7.99. The zero-order chi connectivity index (χ0) is 15.2. The predicted octanol–water partition coefficient (Wildman–Crippen LogP) is 1.65. The number of hydrogen-bond acceptors (Lipinski definition) is 4. The second-order valence-electron chi connectivity index (χ2n) is 6.00. The molecule has 2 aliphatic rings. The van der Waals surface area contributed by atoms with Gasteiger partial charge in [0.2, 0.25) is 5.91 Å². The molecule has 2 aliphatic heterocycles. The van der Waals surface area contributed by atoms with Crippen LogP contribution in [0.25, 0.3) is 0 Å². The van der Waals surface area contributed by atoms with E-state index in [1.54, 1.807) is 0 Å². The number of rotatable bonds is 6. The number of carbonyl (C=O) groups is 1. The van der Waals surface area contributed by atoms with Gasteiger partial charge in [-0.3, -0.25) is 4.79 Å². The lowest BCUT2D eigenvalue weighted by atomic mass is 10.2. The van der Waals surface area contributed by atoms with Crippen molar-refractivity contribution in [2.45, 2.75) is 25.3 Å². The molecular formula is C17H25N3OS. The highest BCUT2D eigenvalue weighted by Crippen LogP contribution is 2.27. The second-order valence-corrected chi connectivity index (χ2v) is 7.15. The molecule has 22 heavy (non-hydrogen) atoms. The number of amides is 1. The van der Waals surface area contributed by atoms with Crippen molar-refractivity contribution in [3.8, 4) is 0 Å². The molecule has 120 valence electrons. The number of carbonyl (C=O) groups excluding carboxylic acids is 1. The molecule has 0 bridgehead atoms. The van der Waals surface area contributed by atoms with Crippen LogP contribution in [0.15, 0.2) is 24.3 Å². The Bertz CT molecular complexity index is 502. The number of fused-ring (bicyclic) bond motifs is 1. The number of nitrogens with one attached hydrogen (secondary N) is 2. The van der Waals surface area contributed by atoms with Crippen molar-refractivity contribution < 1.29 is 4.79 Å². The zero-order valence-electron chi connectivity index (χ0n) is 13.0. The summed E-state index contributed by atoms with van der Waals surface area (Å²) in [6, 6.07) is 8.98. The standard InChI is InChI=1S/C17H25N3OS/c21-17(12-15-13-22-11-8-18-15)19-7-3-9-20-10-6-14-4-1-2-5-16(14)20/h1-2,4-5,15,18H,3,6-13H2,(H,19,21). The van der Waals surface area contributed by atoms with Gasteiger partial charge in [0.15, 0.2) is 0 Å². The van der Waals surface area contributed by atoms with Crippen LogP contribution >= 0.6 is 11.8 Å². The minimum absolute atomic E-state index is 0.182. The van der Waals surface area contributed by atoms with E-state index in [-0.39, 0.29) is 5.91 Å². The molecule has 1 aromatic carbocycles. The summed E-state index contributed by atoms with van der Waals surface area (Å²) in [5.74, 6) is 2.40. The summed E-state index contributed by atoms with van der Waals surface area (Å²) in [5, 5.41) is 6.47. The average Bonchev–Trinajstić information content (AvgIpc) is 2.96. The molecule has 4 nitrogen and oxygen atoms in total. The second kappa shape index (κ2) is 7.88. The van der Waals surface area contributed by atoms with Gasteiger partial charge in [0.25, 0.3) is 0 Å². The molecule has 2 N–H and O–H groups in total. The molecule has 1 amide bonds. The molecule has 5 heteroatoms. The maximum atomic E-state index is 11.9. The normalized spacial score (nSPS) is 20.7. The summed E-state index contributed by atoms with van der Waals surface area (Å²) < 4.78 is 0. The van der Waals surface area contributed by atoms with Crippen molar-refractivity contribution in [2.75, 3.05) is 42.6 Å². The maximum Gasteiger partial charge on any atom is 0.221 e. The van der Waals surface area contributed by atoms with Crippen molar-refractivity contribution in [2.24, 2.45) is 0 Å². The molecule has 0 radical (unpaired) electrons. The van der Waals surface area contributed by atoms with E-state index < -0.39 is 0 Å². The van der Waals surface area contributed by atoms with Gasteiger partial charge in [-0.25, -0.2) is 0 Å². The fraction of sp³-hybridized carbons (Fsp3) is 0.588. The van der Waals surface area contributed by atoms with Crippen LogP contribution in [0.4, 0.5) is 5.69 Å². The van der Waals surface area contributed by atoms with Crippen LogP contribution in [0.3, 0.4) is 0 Å². The number of benzene rings is 1. The Morgan fingerprint density at radius 3 is 3.18 bits per heavy atom. The number of nitrogens with zero attached hydrogens (tertiary/aromatic N) is 1. The van der Waals surface area contributed by atoms with E-state index in [1.807, 2.05) is 11.8 Å². The van der Waals surface area contributed by atoms with Gasteiger partial charge in [0.05, 0.1) is 0 Å². The van der Waals surface area contributed by atoms with Crippen LogP contribution in [-0.2, 0) is 11.2 Å². The lowest BCUT2D eigenvalue weighted by Crippen LogP contribution is -2.41. The Hall–Kier alpha value is -1.20. The molecule has 0 aliphatic carbocycles. The molecule has 0 spiro atoms. The predicted molar refractivity (Wildman–Crippen MR) is 93.7 cm³/mol. The topological polar surface area (TPSA) is 44.4 Å². The van der Waals surface area contributed by atoms with E-state index in [2.05, 4.69) is 39.8 Å². The van der Waals surface area contributed by atoms with Gasteiger partial charge >= 0.3 is 0 Å². The van der Waals surface area contributed by atoms with Gasteiger partial charge in [-0.05, 0) is 24.5 Å². The first-order chi connectivity index (χ1) is 10.8. The summed E-state index contributed by atoms with van der Waals surface area (Å²) in [7, 11) is 0. The fourth-order valence-electron chi connectivity index (χ4n) is 3.18. The number of anilines is 1. The van der Waals surface area contributed by atoms with E-state index in [4.69, 9.17) is 0 Å². The van der Waals surface area contributed by atoms with Crippen LogP contribution in [0, 0.1) is 0 Å². The average molecular weight is 319 g/mol. The van der Waals surface area contributed by atoms with Crippen molar-refractivity contribution in [3.05, 3.63) is 29.8 Å². The smallest absolute Gasteiger partial charge is 0.221 e. The lowest BCUT2D eigenvalue weighted by Gasteiger charge is -2.23. The van der Waals surface area contributed by atoms with Crippen LogP contribution in [0.1, 0.15) is 18.4 Å². The van der Waals surface area contributed by atoms with Crippen molar-refractivity contribution >= 4 is 23.4 Å². The van der Waals surface area contributed by atoms with Crippen LogP contribution in [0.2, 0.25) is 0 Å². The van der Waals surface area contributed by atoms with Gasteiger partial charge in [0.1, 0.15) is 0 Å². The van der Waals surface area contributed by atoms with E-state index >= 15 is 0 Å². The maximum absolute atomic E-state index is 11.9. The third-order valence-electron chi connectivity index (χ3n) is 4.34. The quantitative estimate of drug-likeness (QED) is 0.783. The number of thioether (sulfide) groups is 1. The van der Waals surface area contributed by atoms with Crippen LogP contribution in [-0.4, -0.2) is 49.6 Å². The minimum atomic E-state index is 0.182. The van der Waals surface area contributed by atoms with E-state index in [0.29, 0.717) is 12.5 Å². The molecule has 3 rings (SSSR count). The molecule has 1 saturated heterocycles. The first-order valence-electron chi connectivity index (χ1n) is 8.23. The molecule has 2 heterocycles. The van der Waals surface area contributed by atoms with Crippen molar-refractivity contribution in [1.29, 1.82) is 0 Å². The van der Waals surface area contributed by atoms with Crippen LogP contribution in [0.5, 0.6) is 0 Å². The largest absolute Gasteiger partial charge is 0.371 e. The van der Waals surface area contributed by atoms with Gasteiger partial charge in [0, 0.05) is 55.8 Å². The SMILES string of the molecule is O=C(CC1CSCCN1)NCCCN1CCc2ccccc21. The Kier molecular flexibility index (Phi) is 5.62. The van der Waals surface area contributed by atoms with E-state index in [9.17, 15) is 4.79 Å². The summed E-state index contributed by atoms with van der Waals surface area (Å²) in [6.07, 6.45) is 2.76. The molecular weight excluding hydrogens is 294 g/mol. The number of para-hydroxylation sites is 1. The first kappa shape index (κ1) is 15.7. The number of hydrogen-bond donors (Lipinski definition) is 2. The summed E-state index contributed by atoms with van der Waals surface area (Å²) >= 11 is 1.93. The lowest BCUT2D eigenvalue weighted by molar-refractivity contribution is -0.121. The Morgan fingerprint density at radius 2 is 2.32 bits per heavy atom. The summed E-state index contributed by atoms with van der Waals surface area (Å²) in [6.45, 7) is 3.93. The van der Waals surface area contributed by atoms with Gasteiger partial charge in [-0.15, -0.1) is 0 Å². The fourth-order valence-corrected chi connectivity index (χ4v) is 4.13. The van der Waals surface area contributed by atoms with Gasteiger partial charge < -0.3 is 15.5 Å². The Balaban J connectivity index is 1.33. The van der Waals surface area contributed by atoms with Crippen LogP contribution < -0.4 is 15.5 Å². The van der Waals surface area contributed by atoms with Gasteiger partial charge in [-0.1, -0.05) is 18.2 Å². The molecule has 1 atom stereocenters. The molecule has 1 fully saturated rings. The third-order valence-corrected chi connectivity index (χ3v) is 5.47. The molecule has 1 aromatic rings. The Morgan fingerprint density at radius 1 is 1.41 bits per heavy atom. The summed E-state index contributed by atoms with van der Waals surface area (Å²) in [5.41, 5.74) is 2.82. The van der Waals surface area contributed by atoms with E-state index in [1.165, 1.54) is 11.3 Å². The summed E-state index contributed by atoms with van der Waals surface area (Å²) in [4.78, 5) is 14.4. The minimum Gasteiger partial charge on any atom is -0.371 e. The molecule has 0 saturated carbocycles. The zero-order valence-corrected chi connectivity index (χ0v) is 13.8. The third kappa shape index (κ3) is 4.17. The Labute approximate surface area is 137 Å². The van der Waals surface area contributed by atoms with E-state index in [0.717, 1.165) is 50.5 Å².